The predicted molar refractivity (Wildman–Crippen MR) is 74.5 cm³/mol. The highest BCUT2D eigenvalue weighted by atomic mass is 79.9. The van der Waals surface area contributed by atoms with E-state index in [-0.39, 0.29) is 12.2 Å². The van der Waals surface area contributed by atoms with Crippen LogP contribution in [0, 0.1) is 21.7 Å². The van der Waals surface area contributed by atoms with Crippen LogP contribution in [0.5, 0.6) is 0 Å². The summed E-state index contributed by atoms with van der Waals surface area (Å²) in [6.45, 7) is 0.188. The van der Waals surface area contributed by atoms with Crippen molar-refractivity contribution in [3.05, 3.63) is 68.2 Å². The predicted octanol–water partition coefficient (Wildman–Crippen LogP) is 4.25. The van der Waals surface area contributed by atoms with Crippen molar-refractivity contribution in [2.24, 2.45) is 0 Å². The summed E-state index contributed by atoms with van der Waals surface area (Å²) in [7, 11) is 0. The summed E-state index contributed by atoms with van der Waals surface area (Å²) in [6, 6.07) is 8.58. The van der Waals surface area contributed by atoms with Gasteiger partial charge < -0.3 is 5.32 Å². The maximum absolute atomic E-state index is 13.7. The van der Waals surface area contributed by atoms with Gasteiger partial charge in [0.2, 0.25) is 0 Å². The van der Waals surface area contributed by atoms with Gasteiger partial charge in [-0.15, -0.1) is 0 Å². The topological polar surface area (TPSA) is 55.2 Å². The first-order chi connectivity index (χ1) is 9.49. The number of benzene rings is 2. The number of nitrogens with one attached hydrogen (secondary N) is 1. The Morgan fingerprint density at radius 2 is 1.80 bits per heavy atom. The number of nitro benzene ring substituents is 1. The summed E-state index contributed by atoms with van der Waals surface area (Å²) in [6.07, 6.45) is 0. The zero-order valence-corrected chi connectivity index (χ0v) is 11.7. The molecule has 0 aromatic heterocycles. The molecule has 0 amide bonds. The van der Waals surface area contributed by atoms with E-state index in [2.05, 4.69) is 21.2 Å². The van der Waals surface area contributed by atoms with Crippen LogP contribution in [0.2, 0.25) is 0 Å². The van der Waals surface area contributed by atoms with Crippen molar-refractivity contribution >= 4 is 27.3 Å². The van der Waals surface area contributed by atoms with E-state index in [9.17, 15) is 18.9 Å². The number of non-ortho nitro benzene ring substituents is 1. The molecule has 0 unspecified atom stereocenters. The highest BCUT2D eigenvalue weighted by Crippen LogP contribution is 2.26. The molecular formula is C13H9BrF2N2O2. The van der Waals surface area contributed by atoms with Crippen molar-refractivity contribution < 1.29 is 13.7 Å². The number of nitro groups is 1. The first-order valence-corrected chi connectivity index (χ1v) is 6.39. The molecule has 20 heavy (non-hydrogen) atoms. The second-order valence-electron chi connectivity index (χ2n) is 3.99. The average molecular weight is 343 g/mol. The fraction of sp³-hybridized carbons (Fsp3) is 0.0769. The third kappa shape index (κ3) is 3.11. The van der Waals surface area contributed by atoms with E-state index in [1.54, 1.807) is 18.2 Å². The van der Waals surface area contributed by atoms with Gasteiger partial charge in [0.25, 0.3) is 5.69 Å². The summed E-state index contributed by atoms with van der Waals surface area (Å²) in [5.41, 5.74) is -0.192. The Hall–Kier alpha value is -2.02. The molecule has 0 bridgehead atoms. The van der Waals surface area contributed by atoms with Gasteiger partial charge in [-0.3, -0.25) is 10.1 Å². The second-order valence-corrected chi connectivity index (χ2v) is 4.84. The maximum atomic E-state index is 13.7. The van der Waals surface area contributed by atoms with Gasteiger partial charge in [0, 0.05) is 11.0 Å². The molecule has 0 saturated carbocycles. The van der Waals surface area contributed by atoms with Gasteiger partial charge in [-0.25, -0.2) is 8.78 Å². The third-order valence-corrected chi connectivity index (χ3v) is 3.42. The number of halogens is 3. The van der Waals surface area contributed by atoms with Crippen LogP contribution in [0.25, 0.3) is 0 Å². The molecule has 0 radical (unpaired) electrons. The summed E-state index contributed by atoms with van der Waals surface area (Å²) in [5.74, 6) is -1.99. The standard InChI is InChI=1S/C13H9BrF2N2O2/c14-10-4-2-1-3-8(10)7-17-13-11(15)5-9(18(19)20)6-12(13)16/h1-6,17H,7H2. The molecule has 2 aromatic carbocycles. The van der Waals surface area contributed by atoms with Crippen LogP contribution in [-0.2, 0) is 6.54 Å². The lowest BCUT2D eigenvalue weighted by molar-refractivity contribution is -0.385. The molecular weight excluding hydrogens is 334 g/mol. The van der Waals surface area contributed by atoms with Gasteiger partial charge in [0.15, 0.2) is 11.6 Å². The highest BCUT2D eigenvalue weighted by Gasteiger charge is 2.16. The molecule has 1 N–H and O–H groups in total. The Kier molecular flexibility index (Phi) is 4.29. The van der Waals surface area contributed by atoms with E-state index in [1.165, 1.54) is 0 Å². The number of rotatable bonds is 4. The van der Waals surface area contributed by atoms with Gasteiger partial charge >= 0.3 is 0 Å². The molecule has 0 aliphatic heterocycles. The molecule has 2 aromatic rings. The van der Waals surface area contributed by atoms with Crippen molar-refractivity contribution in [2.75, 3.05) is 5.32 Å². The van der Waals surface area contributed by atoms with Crippen LogP contribution in [0.3, 0.4) is 0 Å². The van der Waals surface area contributed by atoms with Crippen molar-refractivity contribution in [2.45, 2.75) is 6.54 Å². The summed E-state index contributed by atoms with van der Waals surface area (Å²) in [4.78, 5) is 9.64. The fourth-order valence-corrected chi connectivity index (χ4v) is 2.08. The zero-order chi connectivity index (χ0) is 14.7. The van der Waals surface area contributed by atoms with Gasteiger partial charge in [-0.1, -0.05) is 34.1 Å². The number of nitrogens with zero attached hydrogens (tertiary/aromatic N) is 1. The highest BCUT2D eigenvalue weighted by molar-refractivity contribution is 9.10. The first-order valence-electron chi connectivity index (χ1n) is 5.59. The molecule has 7 heteroatoms. The van der Waals surface area contributed by atoms with Crippen LogP contribution in [0.4, 0.5) is 20.2 Å². The van der Waals surface area contributed by atoms with Gasteiger partial charge in [-0.2, -0.15) is 0 Å². The molecule has 0 spiro atoms. The van der Waals surface area contributed by atoms with E-state index in [0.29, 0.717) is 12.1 Å². The van der Waals surface area contributed by atoms with Gasteiger partial charge in [0.1, 0.15) is 5.69 Å². The van der Waals surface area contributed by atoms with Crippen LogP contribution in [0.15, 0.2) is 40.9 Å². The first kappa shape index (κ1) is 14.4. The minimum Gasteiger partial charge on any atom is -0.376 e. The van der Waals surface area contributed by atoms with Gasteiger partial charge in [-0.05, 0) is 11.6 Å². The molecule has 0 saturated heterocycles. The van der Waals surface area contributed by atoms with Gasteiger partial charge in [0.05, 0.1) is 17.1 Å². The SMILES string of the molecule is O=[N+]([O-])c1cc(F)c(NCc2ccccc2Br)c(F)c1. The van der Waals surface area contributed by atoms with Crippen LogP contribution >= 0.6 is 15.9 Å². The number of anilines is 1. The third-order valence-electron chi connectivity index (χ3n) is 2.65. The Balaban J connectivity index is 2.22. The molecule has 0 heterocycles. The van der Waals surface area contributed by atoms with Crippen LogP contribution in [-0.4, -0.2) is 4.92 Å². The summed E-state index contributed by atoms with van der Waals surface area (Å²) >= 11 is 3.32. The molecule has 0 aliphatic rings. The van der Waals surface area contributed by atoms with E-state index < -0.39 is 22.2 Å². The Bertz CT molecular complexity index is 642. The molecule has 0 atom stereocenters. The average Bonchev–Trinajstić information content (AvgIpc) is 2.39. The molecule has 2 rings (SSSR count). The molecule has 0 aliphatic carbocycles. The minimum absolute atomic E-state index is 0.188. The Morgan fingerprint density at radius 3 is 2.35 bits per heavy atom. The largest absolute Gasteiger partial charge is 0.376 e. The van der Waals surface area contributed by atoms with E-state index in [1.807, 2.05) is 6.07 Å². The van der Waals surface area contributed by atoms with Crippen LogP contribution in [0.1, 0.15) is 5.56 Å². The lowest BCUT2D eigenvalue weighted by atomic mass is 10.2. The van der Waals surface area contributed by atoms with Crippen LogP contribution < -0.4 is 5.32 Å². The lowest BCUT2D eigenvalue weighted by Crippen LogP contribution is -2.05. The maximum Gasteiger partial charge on any atom is 0.275 e. The van der Waals surface area contributed by atoms with E-state index in [4.69, 9.17) is 0 Å². The van der Waals surface area contributed by atoms with Crippen molar-refractivity contribution in [1.29, 1.82) is 0 Å². The van der Waals surface area contributed by atoms with E-state index in [0.717, 1.165) is 10.0 Å². The van der Waals surface area contributed by atoms with Crippen molar-refractivity contribution in [1.82, 2.24) is 0 Å². The smallest absolute Gasteiger partial charge is 0.275 e. The Morgan fingerprint density at radius 1 is 1.20 bits per heavy atom. The fourth-order valence-electron chi connectivity index (χ4n) is 1.66. The summed E-state index contributed by atoms with van der Waals surface area (Å²) < 4.78 is 28.1. The number of hydrogen-bond acceptors (Lipinski definition) is 3. The normalized spacial score (nSPS) is 10.3. The quantitative estimate of drug-likeness (QED) is 0.667. The van der Waals surface area contributed by atoms with Crippen molar-refractivity contribution in [3.63, 3.8) is 0 Å². The summed E-state index contributed by atoms with van der Waals surface area (Å²) in [5, 5.41) is 13.1. The van der Waals surface area contributed by atoms with Crippen molar-refractivity contribution in [3.8, 4) is 0 Å². The van der Waals surface area contributed by atoms with E-state index >= 15 is 0 Å². The molecule has 104 valence electrons. The molecule has 0 fully saturated rings. The zero-order valence-electron chi connectivity index (χ0n) is 10.1. The Labute approximate surface area is 121 Å². The minimum atomic E-state index is -0.997. The molecule has 4 nitrogen and oxygen atoms in total. The second kappa shape index (κ2) is 5.96. The lowest BCUT2D eigenvalue weighted by Gasteiger charge is -2.10. The monoisotopic (exact) mass is 342 g/mol. The number of hydrogen-bond donors (Lipinski definition) is 1.